The summed E-state index contributed by atoms with van der Waals surface area (Å²) in [5, 5.41) is 3.62. The van der Waals surface area contributed by atoms with Crippen LogP contribution in [0, 0.1) is 0 Å². The van der Waals surface area contributed by atoms with Gasteiger partial charge in [-0.2, -0.15) is 0 Å². The van der Waals surface area contributed by atoms with Gasteiger partial charge in [0.15, 0.2) is 5.78 Å². The molecule has 0 unspecified atom stereocenters. The normalized spacial score (nSPS) is 10.7. The van der Waals surface area contributed by atoms with Crippen molar-refractivity contribution in [1.82, 2.24) is 0 Å². The number of halogens is 2. The van der Waals surface area contributed by atoms with Crippen LogP contribution in [0.15, 0.2) is 48.5 Å². The molecule has 22 heavy (non-hydrogen) atoms. The summed E-state index contributed by atoms with van der Waals surface area (Å²) in [6.45, 7) is 1.47. The molecule has 3 nitrogen and oxygen atoms in total. The largest absolute Gasteiger partial charge is 0.322 e. The van der Waals surface area contributed by atoms with Crippen molar-refractivity contribution in [2.24, 2.45) is 0 Å². The van der Waals surface area contributed by atoms with Crippen LogP contribution in [-0.2, 0) is 4.79 Å². The fraction of sp³-hybridized carbons (Fsp3) is 0.0588. The number of amides is 1. The summed E-state index contributed by atoms with van der Waals surface area (Å²) < 4.78 is 0. The van der Waals surface area contributed by atoms with Gasteiger partial charge in [-0.1, -0.05) is 41.4 Å². The Hall–Kier alpha value is -2.10. The second-order valence-corrected chi connectivity index (χ2v) is 5.41. The molecule has 1 amide bonds. The predicted molar refractivity (Wildman–Crippen MR) is 90.6 cm³/mol. The lowest BCUT2D eigenvalue weighted by molar-refractivity contribution is -0.111. The molecule has 0 saturated heterocycles. The summed E-state index contributed by atoms with van der Waals surface area (Å²) >= 11 is 12.0. The van der Waals surface area contributed by atoms with E-state index in [9.17, 15) is 9.59 Å². The van der Waals surface area contributed by atoms with Crippen molar-refractivity contribution < 1.29 is 9.59 Å². The summed E-state index contributed by atoms with van der Waals surface area (Å²) in [6, 6.07) is 11.9. The lowest BCUT2D eigenvalue weighted by Gasteiger charge is -2.04. The van der Waals surface area contributed by atoms with Crippen LogP contribution >= 0.6 is 23.2 Å². The van der Waals surface area contributed by atoms with E-state index >= 15 is 0 Å². The third-order valence-electron chi connectivity index (χ3n) is 2.94. The topological polar surface area (TPSA) is 46.2 Å². The van der Waals surface area contributed by atoms with Gasteiger partial charge in [0, 0.05) is 32.9 Å². The van der Waals surface area contributed by atoms with Crippen LogP contribution in [0.25, 0.3) is 6.08 Å². The van der Waals surface area contributed by atoms with Gasteiger partial charge in [-0.25, -0.2) is 0 Å². The number of carbonyl (C=O) groups excluding carboxylic acids is 2. The van der Waals surface area contributed by atoms with Crippen molar-refractivity contribution in [3.63, 3.8) is 0 Å². The van der Waals surface area contributed by atoms with Crippen molar-refractivity contribution in [3.8, 4) is 0 Å². The molecular formula is C17H13Cl2NO2. The highest BCUT2D eigenvalue weighted by Gasteiger charge is 2.04. The zero-order valence-electron chi connectivity index (χ0n) is 11.8. The van der Waals surface area contributed by atoms with Gasteiger partial charge in [0.25, 0.3) is 0 Å². The highest BCUT2D eigenvalue weighted by molar-refractivity contribution is 6.37. The molecule has 2 aromatic rings. The maximum absolute atomic E-state index is 11.9. The van der Waals surface area contributed by atoms with E-state index in [1.165, 1.54) is 13.0 Å². The number of ketones is 1. The highest BCUT2D eigenvalue weighted by atomic mass is 35.5. The predicted octanol–water partition coefficient (Wildman–Crippen LogP) is 4.85. The van der Waals surface area contributed by atoms with Gasteiger partial charge in [-0.15, -0.1) is 0 Å². The Morgan fingerprint density at radius 2 is 1.68 bits per heavy atom. The Kier molecular flexibility index (Phi) is 5.36. The SMILES string of the molecule is CC(=O)c1cccc(NC(=O)/C=C/c2c(Cl)cccc2Cl)c1. The highest BCUT2D eigenvalue weighted by Crippen LogP contribution is 2.25. The third-order valence-corrected chi connectivity index (χ3v) is 3.60. The number of Topliss-reactive ketones (excluding diaryl/α,β-unsaturated/α-hetero) is 1. The van der Waals surface area contributed by atoms with E-state index < -0.39 is 0 Å². The second-order valence-electron chi connectivity index (χ2n) is 4.59. The van der Waals surface area contributed by atoms with Crippen LogP contribution in [0.2, 0.25) is 10.0 Å². The zero-order valence-corrected chi connectivity index (χ0v) is 13.3. The van der Waals surface area contributed by atoms with Crippen LogP contribution in [0.5, 0.6) is 0 Å². The average molecular weight is 334 g/mol. The number of hydrogen-bond donors (Lipinski definition) is 1. The fourth-order valence-electron chi connectivity index (χ4n) is 1.83. The van der Waals surface area contributed by atoms with Crippen LogP contribution in [0.1, 0.15) is 22.8 Å². The van der Waals surface area contributed by atoms with Crippen LogP contribution < -0.4 is 5.32 Å². The smallest absolute Gasteiger partial charge is 0.248 e. The summed E-state index contributed by atoms with van der Waals surface area (Å²) in [7, 11) is 0. The van der Waals surface area contributed by atoms with E-state index in [0.29, 0.717) is 26.9 Å². The Morgan fingerprint density at radius 3 is 2.32 bits per heavy atom. The fourth-order valence-corrected chi connectivity index (χ4v) is 2.35. The standard InChI is InChI=1S/C17H13Cl2NO2/c1-11(21)12-4-2-5-13(10-12)20-17(22)9-8-14-15(18)6-3-7-16(14)19/h2-10H,1H3,(H,20,22)/b9-8+. The van der Waals surface area contributed by atoms with Crippen LogP contribution in [-0.4, -0.2) is 11.7 Å². The molecule has 0 aromatic heterocycles. The lowest BCUT2D eigenvalue weighted by atomic mass is 10.1. The van der Waals surface area contributed by atoms with E-state index in [2.05, 4.69) is 5.32 Å². The molecule has 0 spiro atoms. The molecule has 1 N–H and O–H groups in total. The summed E-state index contributed by atoms with van der Waals surface area (Å²) in [6.07, 6.45) is 2.89. The Balaban J connectivity index is 2.12. The van der Waals surface area contributed by atoms with Crippen molar-refractivity contribution in [2.45, 2.75) is 6.92 Å². The van der Waals surface area contributed by atoms with Crippen molar-refractivity contribution in [1.29, 1.82) is 0 Å². The molecule has 0 aliphatic carbocycles. The van der Waals surface area contributed by atoms with E-state index in [4.69, 9.17) is 23.2 Å². The zero-order chi connectivity index (χ0) is 16.1. The summed E-state index contributed by atoms with van der Waals surface area (Å²) in [5.41, 5.74) is 1.67. The van der Waals surface area contributed by atoms with Crippen molar-refractivity contribution in [3.05, 3.63) is 69.7 Å². The molecule has 0 bridgehead atoms. The van der Waals surface area contributed by atoms with Gasteiger partial charge in [-0.3, -0.25) is 9.59 Å². The lowest BCUT2D eigenvalue weighted by Crippen LogP contribution is -2.08. The van der Waals surface area contributed by atoms with Gasteiger partial charge >= 0.3 is 0 Å². The second kappa shape index (κ2) is 7.25. The Labute approximate surface area is 138 Å². The molecule has 0 aliphatic rings. The first-order chi connectivity index (χ1) is 10.5. The molecule has 0 fully saturated rings. The Bertz CT molecular complexity index is 734. The minimum absolute atomic E-state index is 0.0607. The first-order valence-electron chi connectivity index (χ1n) is 6.51. The number of carbonyl (C=O) groups is 2. The monoisotopic (exact) mass is 333 g/mol. The molecule has 112 valence electrons. The summed E-state index contributed by atoms with van der Waals surface area (Å²) in [4.78, 5) is 23.2. The van der Waals surface area contributed by atoms with E-state index in [-0.39, 0.29) is 11.7 Å². The van der Waals surface area contributed by atoms with Gasteiger partial charge in [0.1, 0.15) is 0 Å². The number of anilines is 1. The number of rotatable bonds is 4. The summed E-state index contributed by atoms with van der Waals surface area (Å²) in [5.74, 6) is -0.397. The van der Waals surface area contributed by atoms with E-state index in [1.807, 2.05) is 0 Å². The van der Waals surface area contributed by atoms with Crippen molar-refractivity contribution in [2.75, 3.05) is 5.32 Å². The molecular weight excluding hydrogens is 321 g/mol. The first kappa shape index (κ1) is 16.3. The first-order valence-corrected chi connectivity index (χ1v) is 7.27. The van der Waals surface area contributed by atoms with Gasteiger partial charge in [0.2, 0.25) is 5.91 Å². The van der Waals surface area contributed by atoms with E-state index in [1.54, 1.807) is 48.5 Å². The molecule has 2 rings (SSSR count). The molecule has 0 radical (unpaired) electrons. The quantitative estimate of drug-likeness (QED) is 0.642. The molecule has 5 heteroatoms. The number of hydrogen-bond acceptors (Lipinski definition) is 2. The maximum Gasteiger partial charge on any atom is 0.248 e. The average Bonchev–Trinajstić information content (AvgIpc) is 2.47. The van der Waals surface area contributed by atoms with Gasteiger partial charge < -0.3 is 5.32 Å². The third kappa shape index (κ3) is 4.20. The molecule has 0 aliphatic heterocycles. The molecule has 0 heterocycles. The molecule has 0 saturated carbocycles. The van der Waals surface area contributed by atoms with Gasteiger partial charge in [0.05, 0.1) is 0 Å². The number of benzene rings is 2. The van der Waals surface area contributed by atoms with Crippen LogP contribution in [0.3, 0.4) is 0 Å². The van der Waals surface area contributed by atoms with Gasteiger partial charge in [-0.05, 0) is 37.3 Å². The molecule has 2 aromatic carbocycles. The number of nitrogens with one attached hydrogen (secondary N) is 1. The van der Waals surface area contributed by atoms with E-state index in [0.717, 1.165) is 0 Å². The minimum atomic E-state index is -0.336. The molecule has 0 atom stereocenters. The Morgan fingerprint density at radius 1 is 1.05 bits per heavy atom. The maximum atomic E-state index is 11.9. The van der Waals surface area contributed by atoms with Crippen LogP contribution in [0.4, 0.5) is 5.69 Å². The van der Waals surface area contributed by atoms with Crippen molar-refractivity contribution >= 4 is 46.7 Å². The minimum Gasteiger partial charge on any atom is -0.322 e.